The molecule has 2 heterocycles. The van der Waals surface area contributed by atoms with E-state index in [-0.39, 0.29) is 5.88 Å². The number of H-pyrrole nitrogens is 1. The second kappa shape index (κ2) is 8.52. The Kier molecular flexibility index (Phi) is 5.64. The van der Waals surface area contributed by atoms with Gasteiger partial charge in [0.05, 0.1) is 11.5 Å². The van der Waals surface area contributed by atoms with Crippen molar-refractivity contribution in [1.82, 2.24) is 10.2 Å². The minimum Gasteiger partial charge on any atom is -0.489 e. The second-order valence-electron chi connectivity index (χ2n) is 7.05. The number of ether oxygens (including phenoxy) is 2. The Hall–Kier alpha value is -3.43. The van der Waals surface area contributed by atoms with Gasteiger partial charge in [-0.1, -0.05) is 55.3 Å². The van der Waals surface area contributed by atoms with E-state index in [4.69, 9.17) is 26.8 Å². The van der Waals surface area contributed by atoms with Crippen molar-refractivity contribution < 1.29 is 9.47 Å². The fraction of sp³-hybridized carbons (Fsp3) is 0.217. The van der Waals surface area contributed by atoms with Crippen molar-refractivity contribution in [2.75, 3.05) is 0 Å². The van der Waals surface area contributed by atoms with E-state index < -0.39 is 5.92 Å². The Balaban J connectivity index is 1.75. The molecule has 6 nitrogen and oxygen atoms in total. The molecule has 3 aromatic rings. The summed E-state index contributed by atoms with van der Waals surface area (Å²) >= 11 is 5.97. The molecular formula is C23H21ClN4O2. The van der Waals surface area contributed by atoms with Crippen molar-refractivity contribution in [1.29, 1.82) is 5.26 Å². The number of fused-ring (bicyclic) bond motifs is 1. The summed E-state index contributed by atoms with van der Waals surface area (Å²) in [6.07, 6.45) is 1.71. The fourth-order valence-electron chi connectivity index (χ4n) is 3.65. The molecule has 0 radical (unpaired) electrons. The van der Waals surface area contributed by atoms with Crippen molar-refractivity contribution in [3.05, 3.63) is 87.4 Å². The van der Waals surface area contributed by atoms with Crippen LogP contribution in [0.3, 0.4) is 0 Å². The topological polar surface area (TPSA) is 97.0 Å². The Morgan fingerprint density at radius 2 is 2.00 bits per heavy atom. The van der Waals surface area contributed by atoms with Gasteiger partial charge < -0.3 is 15.2 Å². The summed E-state index contributed by atoms with van der Waals surface area (Å²) in [5.74, 6) is 0.736. The lowest BCUT2D eigenvalue weighted by Crippen LogP contribution is -2.21. The molecule has 1 aromatic heterocycles. The quantitative estimate of drug-likeness (QED) is 0.596. The Labute approximate surface area is 179 Å². The summed E-state index contributed by atoms with van der Waals surface area (Å²) in [6.45, 7) is 2.46. The molecule has 0 saturated carbocycles. The Morgan fingerprint density at radius 3 is 2.73 bits per heavy atom. The van der Waals surface area contributed by atoms with Crippen LogP contribution in [0.15, 0.2) is 60.0 Å². The molecule has 0 bridgehead atoms. The maximum atomic E-state index is 9.85. The van der Waals surface area contributed by atoms with E-state index in [2.05, 4.69) is 23.2 Å². The number of nitrogens with zero attached hydrogens (tertiary/aromatic N) is 2. The molecule has 0 amide bonds. The summed E-state index contributed by atoms with van der Waals surface area (Å²) in [5.41, 5.74) is 10.0. The molecule has 0 saturated heterocycles. The molecule has 152 valence electrons. The third-order valence-corrected chi connectivity index (χ3v) is 5.31. The van der Waals surface area contributed by atoms with Gasteiger partial charge in [-0.25, -0.2) is 0 Å². The van der Waals surface area contributed by atoms with Gasteiger partial charge in [-0.2, -0.15) is 5.26 Å². The Bertz CT molecular complexity index is 1130. The minimum atomic E-state index is -0.416. The van der Waals surface area contributed by atoms with Crippen LogP contribution in [0.5, 0.6) is 11.6 Å². The first-order chi connectivity index (χ1) is 14.6. The predicted octanol–water partition coefficient (Wildman–Crippen LogP) is 4.81. The van der Waals surface area contributed by atoms with Gasteiger partial charge in [0, 0.05) is 16.3 Å². The lowest BCUT2D eigenvalue weighted by atomic mass is 9.83. The lowest BCUT2D eigenvalue weighted by Gasteiger charge is -2.25. The van der Waals surface area contributed by atoms with Crippen LogP contribution >= 0.6 is 11.6 Å². The minimum absolute atomic E-state index is 0.0667. The molecule has 1 aliphatic heterocycles. The van der Waals surface area contributed by atoms with Crippen molar-refractivity contribution >= 4 is 11.6 Å². The third-order valence-electron chi connectivity index (χ3n) is 5.06. The van der Waals surface area contributed by atoms with Gasteiger partial charge in [0.1, 0.15) is 24.0 Å². The third kappa shape index (κ3) is 3.72. The number of rotatable bonds is 6. The molecule has 0 fully saturated rings. The molecule has 4 rings (SSSR count). The fourth-order valence-corrected chi connectivity index (χ4v) is 3.78. The van der Waals surface area contributed by atoms with Crippen LogP contribution in [0.1, 0.15) is 41.6 Å². The van der Waals surface area contributed by atoms with Gasteiger partial charge in [0.25, 0.3) is 0 Å². The summed E-state index contributed by atoms with van der Waals surface area (Å²) in [7, 11) is 0. The molecule has 0 spiro atoms. The highest BCUT2D eigenvalue weighted by molar-refractivity contribution is 6.30. The van der Waals surface area contributed by atoms with Crippen molar-refractivity contribution in [3.8, 4) is 17.7 Å². The SMILES string of the molecule is CCCc1[nH]nc2c1[C@@H](c1ccccc1OCc1ccc(Cl)cc1)C(C#N)=C(N)O2. The van der Waals surface area contributed by atoms with Crippen LogP contribution in [0.4, 0.5) is 0 Å². The van der Waals surface area contributed by atoms with E-state index in [0.717, 1.165) is 35.2 Å². The van der Waals surface area contributed by atoms with E-state index >= 15 is 0 Å². The molecule has 0 aliphatic carbocycles. The smallest absolute Gasteiger partial charge is 0.244 e. The number of nitrogens with one attached hydrogen (secondary N) is 1. The predicted molar refractivity (Wildman–Crippen MR) is 114 cm³/mol. The maximum Gasteiger partial charge on any atom is 0.244 e. The van der Waals surface area contributed by atoms with Gasteiger partial charge in [-0.3, -0.25) is 5.10 Å². The molecule has 7 heteroatoms. The number of halogens is 1. The monoisotopic (exact) mass is 420 g/mol. The number of benzene rings is 2. The van der Waals surface area contributed by atoms with Gasteiger partial charge in [-0.15, -0.1) is 5.10 Å². The molecule has 2 aromatic carbocycles. The highest BCUT2D eigenvalue weighted by atomic mass is 35.5. The number of aromatic nitrogens is 2. The normalized spacial score (nSPS) is 15.3. The molecule has 1 aliphatic rings. The van der Waals surface area contributed by atoms with Crippen molar-refractivity contribution in [3.63, 3.8) is 0 Å². The van der Waals surface area contributed by atoms with Crippen LogP contribution < -0.4 is 15.2 Å². The Morgan fingerprint density at radius 1 is 1.23 bits per heavy atom. The van der Waals surface area contributed by atoms with Crippen molar-refractivity contribution in [2.24, 2.45) is 5.73 Å². The van der Waals surface area contributed by atoms with Gasteiger partial charge >= 0.3 is 0 Å². The zero-order valence-corrected chi connectivity index (χ0v) is 17.2. The molecular weight excluding hydrogens is 400 g/mol. The number of allylic oxidation sites excluding steroid dienone is 1. The van der Waals surface area contributed by atoms with E-state index in [1.807, 2.05) is 48.5 Å². The van der Waals surface area contributed by atoms with E-state index in [1.54, 1.807) is 0 Å². The number of aromatic amines is 1. The number of hydrogen-bond donors (Lipinski definition) is 2. The summed E-state index contributed by atoms with van der Waals surface area (Å²) < 4.78 is 11.8. The first-order valence-electron chi connectivity index (χ1n) is 9.73. The summed E-state index contributed by atoms with van der Waals surface area (Å²) in [5, 5.41) is 17.8. The zero-order chi connectivity index (χ0) is 21.1. The molecule has 3 N–H and O–H groups in total. The summed E-state index contributed by atoms with van der Waals surface area (Å²) in [6, 6.07) is 17.4. The summed E-state index contributed by atoms with van der Waals surface area (Å²) in [4.78, 5) is 0. The van der Waals surface area contributed by atoms with Crippen LogP contribution in [0.2, 0.25) is 5.02 Å². The van der Waals surface area contributed by atoms with Crippen LogP contribution in [-0.4, -0.2) is 10.2 Å². The van der Waals surface area contributed by atoms with Gasteiger partial charge in [-0.05, 0) is 30.2 Å². The van der Waals surface area contributed by atoms with Crippen molar-refractivity contribution in [2.45, 2.75) is 32.3 Å². The molecule has 30 heavy (non-hydrogen) atoms. The van der Waals surface area contributed by atoms with E-state index in [1.165, 1.54) is 0 Å². The number of nitrogens with two attached hydrogens (primary N) is 1. The average molecular weight is 421 g/mol. The van der Waals surface area contributed by atoms with Gasteiger partial charge in [0.15, 0.2) is 0 Å². The number of nitriles is 1. The first-order valence-corrected chi connectivity index (χ1v) is 10.1. The average Bonchev–Trinajstić information content (AvgIpc) is 3.15. The highest BCUT2D eigenvalue weighted by Gasteiger charge is 2.36. The lowest BCUT2D eigenvalue weighted by molar-refractivity contribution is 0.301. The molecule has 0 unspecified atom stereocenters. The van der Waals surface area contributed by atoms with Gasteiger partial charge in [0.2, 0.25) is 11.8 Å². The number of para-hydroxylation sites is 1. The van der Waals surface area contributed by atoms with Crippen LogP contribution in [0.25, 0.3) is 0 Å². The zero-order valence-electron chi connectivity index (χ0n) is 16.5. The van der Waals surface area contributed by atoms with E-state index in [0.29, 0.717) is 28.8 Å². The standard InChI is InChI=1S/C23H21ClN4O2/c1-2-5-18-21-20(17(12-25)22(26)30-23(21)28-27-18)16-6-3-4-7-19(16)29-13-14-8-10-15(24)11-9-14/h3-4,6-11,20H,2,5,13,26H2,1H3,(H,27,28)/t20-/m0/s1. The number of aryl methyl sites for hydroxylation is 1. The highest BCUT2D eigenvalue weighted by Crippen LogP contribution is 2.45. The van der Waals surface area contributed by atoms with Crippen LogP contribution in [0, 0.1) is 11.3 Å². The largest absolute Gasteiger partial charge is 0.489 e. The van der Waals surface area contributed by atoms with E-state index in [9.17, 15) is 5.26 Å². The van der Waals surface area contributed by atoms with Crippen LogP contribution in [-0.2, 0) is 13.0 Å². The maximum absolute atomic E-state index is 9.85. The molecule has 1 atom stereocenters. The first kappa shape index (κ1) is 19.9. The second-order valence-corrected chi connectivity index (χ2v) is 7.49. The number of hydrogen-bond acceptors (Lipinski definition) is 5.